The molecule has 0 bridgehead atoms. The van der Waals surface area contributed by atoms with E-state index in [-0.39, 0.29) is 5.91 Å². The van der Waals surface area contributed by atoms with Crippen molar-refractivity contribution in [3.05, 3.63) is 24.0 Å². The largest absolute Gasteiger partial charge is 0.385 e. The molecule has 110 valence electrons. The van der Waals surface area contributed by atoms with E-state index in [1.165, 1.54) is 0 Å². The molecular weight excluding hydrogens is 252 g/mol. The third-order valence-corrected chi connectivity index (χ3v) is 3.88. The van der Waals surface area contributed by atoms with E-state index in [0.717, 1.165) is 25.3 Å². The maximum Gasteiger partial charge on any atom is 0.272 e. The van der Waals surface area contributed by atoms with Crippen molar-refractivity contribution in [3.63, 3.8) is 0 Å². The molecule has 1 aromatic heterocycles. The first kappa shape index (κ1) is 14.8. The topological polar surface area (TPSA) is 48.5 Å². The zero-order valence-electron chi connectivity index (χ0n) is 12.8. The summed E-state index contributed by atoms with van der Waals surface area (Å²) in [7, 11) is 4.14. The van der Waals surface area contributed by atoms with Crippen LogP contribution in [0.2, 0.25) is 0 Å². The second-order valence-electron chi connectivity index (χ2n) is 5.68. The number of carbonyl (C=O) groups is 1. The minimum Gasteiger partial charge on any atom is -0.385 e. The van der Waals surface area contributed by atoms with Gasteiger partial charge in [0.1, 0.15) is 5.69 Å². The summed E-state index contributed by atoms with van der Waals surface area (Å²) in [5, 5.41) is 3.21. The highest BCUT2D eigenvalue weighted by molar-refractivity contribution is 5.93. The van der Waals surface area contributed by atoms with Gasteiger partial charge in [-0.05, 0) is 39.1 Å². The molecule has 2 unspecified atom stereocenters. The molecule has 2 atom stereocenters. The molecule has 2 heterocycles. The van der Waals surface area contributed by atoms with Crippen molar-refractivity contribution in [2.45, 2.75) is 19.9 Å². The van der Waals surface area contributed by atoms with Gasteiger partial charge in [-0.25, -0.2) is 0 Å². The van der Waals surface area contributed by atoms with Gasteiger partial charge in [0.25, 0.3) is 5.91 Å². The Bertz CT molecular complexity index is 475. The van der Waals surface area contributed by atoms with Crippen molar-refractivity contribution in [2.24, 2.45) is 5.92 Å². The fourth-order valence-corrected chi connectivity index (χ4v) is 2.81. The number of hydrogen-bond acceptors (Lipinski definition) is 4. The number of likely N-dealkylation sites (N-methyl/N-ethyl adjacent to an activating group) is 1. The average Bonchev–Trinajstić information content (AvgIpc) is 2.81. The molecule has 1 amide bonds. The van der Waals surface area contributed by atoms with Crippen molar-refractivity contribution in [1.29, 1.82) is 0 Å². The van der Waals surface area contributed by atoms with Crippen LogP contribution in [0.4, 0.5) is 5.69 Å². The zero-order chi connectivity index (χ0) is 14.7. The molecule has 0 radical (unpaired) electrons. The van der Waals surface area contributed by atoms with Crippen LogP contribution in [-0.2, 0) is 0 Å². The molecule has 1 aliphatic heterocycles. The Morgan fingerprint density at radius 1 is 1.50 bits per heavy atom. The van der Waals surface area contributed by atoms with Crippen molar-refractivity contribution in [3.8, 4) is 0 Å². The first-order chi connectivity index (χ1) is 9.52. The van der Waals surface area contributed by atoms with Gasteiger partial charge in [-0.3, -0.25) is 9.78 Å². The number of rotatable bonds is 4. The number of nitrogens with one attached hydrogen (secondary N) is 1. The summed E-state index contributed by atoms with van der Waals surface area (Å²) in [6, 6.07) is 4.14. The standard InChI is InChI=1S/C15H24N4O/c1-5-16-12-6-7-17-13(8-12)15(20)19-9-11(2)14(10-19)18(3)4/h6-8,11,14H,5,9-10H2,1-4H3,(H,16,17). The lowest BCUT2D eigenvalue weighted by molar-refractivity contribution is 0.0775. The number of pyridine rings is 1. The van der Waals surface area contributed by atoms with Crippen LogP contribution in [0.15, 0.2) is 18.3 Å². The molecule has 1 saturated heterocycles. The first-order valence-corrected chi connectivity index (χ1v) is 7.18. The van der Waals surface area contributed by atoms with E-state index in [0.29, 0.717) is 17.7 Å². The number of carbonyl (C=O) groups excluding carboxylic acids is 1. The molecule has 5 heteroatoms. The Morgan fingerprint density at radius 3 is 2.85 bits per heavy atom. The van der Waals surface area contributed by atoms with Crippen LogP contribution < -0.4 is 5.32 Å². The normalized spacial score (nSPS) is 22.4. The molecular formula is C15H24N4O. The van der Waals surface area contributed by atoms with E-state index in [4.69, 9.17) is 0 Å². The van der Waals surface area contributed by atoms with Crippen LogP contribution in [-0.4, -0.2) is 60.5 Å². The quantitative estimate of drug-likeness (QED) is 0.906. The molecule has 0 spiro atoms. The molecule has 1 N–H and O–H groups in total. The molecule has 1 aliphatic rings. The van der Waals surface area contributed by atoms with Crippen LogP contribution >= 0.6 is 0 Å². The SMILES string of the molecule is CCNc1ccnc(C(=O)N2CC(C)C(N(C)C)C2)c1. The lowest BCUT2D eigenvalue weighted by Gasteiger charge is -2.22. The summed E-state index contributed by atoms with van der Waals surface area (Å²) in [5.74, 6) is 0.520. The van der Waals surface area contributed by atoms with Gasteiger partial charge < -0.3 is 15.1 Å². The average molecular weight is 276 g/mol. The third-order valence-electron chi connectivity index (χ3n) is 3.88. The Balaban J connectivity index is 2.10. The molecule has 1 aromatic rings. The summed E-state index contributed by atoms with van der Waals surface area (Å²) in [6.07, 6.45) is 1.69. The maximum absolute atomic E-state index is 12.5. The van der Waals surface area contributed by atoms with Gasteiger partial charge >= 0.3 is 0 Å². The fourth-order valence-electron chi connectivity index (χ4n) is 2.81. The predicted molar refractivity (Wildman–Crippen MR) is 80.9 cm³/mol. The number of nitrogens with zero attached hydrogens (tertiary/aromatic N) is 3. The second-order valence-corrected chi connectivity index (χ2v) is 5.68. The second kappa shape index (κ2) is 6.22. The van der Waals surface area contributed by atoms with Crippen LogP contribution in [0.3, 0.4) is 0 Å². The van der Waals surface area contributed by atoms with Crippen molar-refractivity contribution in [2.75, 3.05) is 39.0 Å². The van der Waals surface area contributed by atoms with Crippen LogP contribution in [0, 0.1) is 5.92 Å². The van der Waals surface area contributed by atoms with E-state index < -0.39 is 0 Å². The minimum absolute atomic E-state index is 0.0287. The molecule has 0 aliphatic carbocycles. The Morgan fingerprint density at radius 2 is 2.25 bits per heavy atom. The van der Waals surface area contributed by atoms with E-state index >= 15 is 0 Å². The first-order valence-electron chi connectivity index (χ1n) is 7.18. The van der Waals surface area contributed by atoms with Gasteiger partial charge in [0.15, 0.2) is 0 Å². The summed E-state index contributed by atoms with van der Waals surface area (Å²) < 4.78 is 0. The van der Waals surface area contributed by atoms with Crippen molar-refractivity contribution >= 4 is 11.6 Å². The summed E-state index contributed by atoms with van der Waals surface area (Å²) in [4.78, 5) is 20.9. The minimum atomic E-state index is 0.0287. The van der Waals surface area contributed by atoms with E-state index in [1.54, 1.807) is 6.20 Å². The van der Waals surface area contributed by atoms with E-state index in [9.17, 15) is 4.79 Å². The highest BCUT2D eigenvalue weighted by Gasteiger charge is 2.34. The van der Waals surface area contributed by atoms with E-state index in [2.05, 4.69) is 36.2 Å². The number of likely N-dealkylation sites (tertiary alicyclic amines) is 1. The van der Waals surface area contributed by atoms with Gasteiger partial charge in [0.2, 0.25) is 0 Å². The van der Waals surface area contributed by atoms with Gasteiger partial charge in [-0.15, -0.1) is 0 Å². The molecule has 2 rings (SSSR count). The number of hydrogen-bond donors (Lipinski definition) is 1. The van der Waals surface area contributed by atoms with Crippen LogP contribution in [0.1, 0.15) is 24.3 Å². The van der Waals surface area contributed by atoms with Gasteiger partial charge in [-0.2, -0.15) is 0 Å². The summed E-state index contributed by atoms with van der Waals surface area (Å²) in [5.41, 5.74) is 1.47. The predicted octanol–water partition coefficient (Wildman–Crippen LogP) is 1.54. The monoisotopic (exact) mass is 276 g/mol. The molecule has 1 fully saturated rings. The molecule has 20 heavy (non-hydrogen) atoms. The summed E-state index contributed by atoms with van der Waals surface area (Å²) in [6.45, 7) is 6.64. The smallest absolute Gasteiger partial charge is 0.272 e. The molecule has 5 nitrogen and oxygen atoms in total. The Labute approximate surface area is 121 Å². The zero-order valence-corrected chi connectivity index (χ0v) is 12.8. The van der Waals surface area contributed by atoms with Gasteiger partial charge in [0, 0.05) is 37.6 Å². The Kier molecular flexibility index (Phi) is 4.60. The molecule has 0 saturated carbocycles. The number of amides is 1. The number of anilines is 1. The van der Waals surface area contributed by atoms with Crippen LogP contribution in [0.5, 0.6) is 0 Å². The van der Waals surface area contributed by atoms with E-state index in [1.807, 2.05) is 24.0 Å². The highest BCUT2D eigenvalue weighted by atomic mass is 16.2. The molecule has 0 aromatic carbocycles. The lowest BCUT2D eigenvalue weighted by atomic mass is 10.1. The summed E-state index contributed by atoms with van der Waals surface area (Å²) >= 11 is 0. The third kappa shape index (κ3) is 3.10. The van der Waals surface area contributed by atoms with Gasteiger partial charge in [0.05, 0.1) is 0 Å². The Hall–Kier alpha value is -1.62. The maximum atomic E-state index is 12.5. The van der Waals surface area contributed by atoms with Crippen molar-refractivity contribution < 1.29 is 4.79 Å². The van der Waals surface area contributed by atoms with Gasteiger partial charge in [-0.1, -0.05) is 6.92 Å². The number of aromatic nitrogens is 1. The highest BCUT2D eigenvalue weighted by Crippen LogP contribution is 2.22. The fraction of sp³-hybridized carbons (Fsp3) is 0.600. The van der Waals surface area contributed by atoms with Crippen molar-refractivity contribution in [1.82, 2.24) is 14.8 Å². The van der Waals surface area contributed by atoms with Crippen LogP contribution in [0.25, 0.3) is 0 Å². The lowest BCUT2D eigenvalue weighted by Crippen LogP contribution is -2.36.